The van der Waals surface area contributed by atoms with E-state index in [2.05, 4.69) is 0 Å². The molecule has 1 rings (SSSR count). The highest BCUT2D eigenvalue weighted by atomic mass is 16.2. The molecule has 4 heteroatoms. The van der Waals surface area contributed by atoms with E-state index in [1.165, 1.54) is 19.3 Å². The topological polar surface area (TPSA) is 49.6 Å². The Morgan fingerprint density at radius 3 is 2.31 bits per heavy atom. The van der Waals surface area contributed by atoms with Crippen LogP contribution in [0.15, 0.2) is 0 Å². The minimum absolute atomic E-state index is 0.262. The molecule has 94 valence electrons. The average molecular weight is 227 g/mol. The normalized spacial score (nSPS) is 18.3. The molecule has 4 nitrogen and oxygen atoms in total. The molecule has 0 atom stereocenters. The van der Waals surface area contributed by atoms with Crippen LogP contribution in [-0.4, -0.2) is 55.5 Å². The minimum Gasteiger partial charge on any atom is -0.342 e. The molecule has 0 unspecified atom stereocenters. The van der Waals surface area contributed by atoms with Crippen LogP contribution >= 0.6 is 0 Å². The molecule has 16 heavy (non-hydrogen) atoms. The fraction of sp³-hybridized carbons (Fsp3) is 0.917. The Kier molecular flexibility index (Phi) is 6.42. The first-order chi connectivity index (χ1) is 7.74. The highest BCUT2D eigenvalue weighted by Crippen LogP contribution is 2.10. The van der Waals surface area contributed by atoms with Gasteiger partial charge in [0.05, 0.1) is 6.54 Å². The van der Waals surface area contributed by atoms with E-state index in [4.69, 9.17) is 5.73 Å². The number of carbonyl (C=O) groups excluding carboxylic acids is 1. The van der Waals surface area contributed by atoms with Gasteiger partial charge in [0.1, 0.15) is 0 Å². The Hall–Kier alpha value is -0.610. The predicted molar refractivity (Wildman–Crippen MR) is 66.2 cm³/mol. The quantitative estimate of drug-likeness (QED) is 0.768. The lowest BCUT2D eigenvalue weighted by atomic mass is 10.1. The molecule has 1 aliphatic heterocycles. The summed E-state index contributed by atoms with van der Waals surface area (Å²) >= 11 is 0. The van der Waals surface area contributed by atoms with Crippen molar-refractivity contribution in [2.75, 3.05) is 39.8 Å². The van der Waals surface area contributed by atoms with Crippen molar-refractivity contribution < 1.29 is 4.79 Å². The summed E-state index contributed by atoms with van der Waals surface area (Å²) in [5, 5.41) is 0. The van der Waals surface area contributed by atoms with Crippen LogP contribution in [0.4, 0.5) is 0 Å². The van der Waals surface area contributed by atoms with Crippen LogP contribution in [0.1, 0.15) is 32.1 Å². The Morgan fingerprint density at radius 2 is 1.75 bits per heavy atom. The third kappa shape index (κ3) is 4.94. The van der Waals surface area contributed by atoms with Crippen LogP contribution < -0.4 is 5.73 Å². The van der Waals surface area contributed by atoms with Gasteiger partial charge in [-0.25, -0.2) is 0 Å². The lowest BCUT2D eigenvalue weighted by Gasteiger charge is -2.27. The third-order valence-electron chi connectivity index (χ3n) is 3.12. The molecule has 1 amide bonds. The van der Waals surface area contributed by atoms with Crippen molar-refractivity contribution in [3.63, 3.8) is 0 Å². The van der Waals surface area contributed by atoms with Gasteiger partial charge in [-0.05, 0) is 19.9 Å². The Morgan fingerprint density at radius 1 is 1.19 bits per heavy atom. The SMILES string of the molecule is CN(CCN)CC(=O)N1CCCCCCC1. The van der Waals surface area contributed by atoms with E-state index in [1.807, 2.05) is 16.8 Å². The van der Waals surface area contributed by atoms with Crippen LogP contribution in [0.2, 0.25) is 0 Å². The van der Waals surface area contributed by atoms with Crippen LogP contribution in [0, 0.1) is 0 Å². The van der Waals surface area contributed by atoms with Gasteiger partial charge in [-0.2, -0.15) is 0 Å². The zero-order valence-electron chi connectivity index (χ0n) is 10.5. The van der Waals surface area contributed by atoms with Gasteiger partial charge in [0, 0.05) is 26.2 Å². The molecule has 1 saturated heterocycles. The van der Waals surface area contributed by atoms with Gasteiger partial charge in [-0.15, -0.1) is 0 Å². The standard InChI is InChI=1S/C12H25N3O/c1-14(10-7-13)11-12(16)15-8-5-3-2-4-6-9-15/h2-11,13H2,1H3. The van der Waals surface area contributed by atoms with Crippen molar-refractivity contribution in [1.29, 1.82) is 0 Å². The number of likely N-dealkylation sites (tertiary alicyclic amines) is 1. The summed E-state index contributed by atoms with van der Waals surface area (Å²) in [6.45, 7) is 3.80. The lowest BCUT2D eigenvalue weighted by Crippen LogP contribution is -2.41. The molecule has 0 bridgehead atoms. The predicted octanol–water partition coefficient (Wildman–Crippen LogP) is 0.670. The van der Waals surface area contributed by atoms with E-state index in [-0.39, 0.29) is 5.91 Å². The third-order valence-corrected chi connectivity index (χ3v) is 3.12. The molecule has 0 aliphatic carbocycles. The number of amides is 1. The van der Waals surface area contributed by atoms with E-state index < -0.39 is 0 Å². The molecular formula is C12H25N3O. The molecule has 1 fully saturated rings. The van der Waals surface area contributed by atoms with E-state index >= 15 is 0 Å². The molecule has 1 heterocycles. The molecule has 1 aliphatic rings. The molecular weight excluding hydrogens is 202 g/mol. The van der Waals surface area contributed by atoms with Gasteiger partial charge in [-0.1, -0.05) is 19.3 Å². The van der Waals surface area contributed by atoms with Crippen molar-refractivity contribution in [3.05, 3.63) is 0 Å². The monoisotopic (exact) mass is 227 g/mol. The second-order valence-corrected chi connectivity index (χ2v) is 4.68. The van der Waals surface area contributed by atoms with Gasteiger partial charge in [0.2, 0.25) is 5.91 Å². The average Bonchev–Trinajstić information content (AvgIpc) is 2.16. The van der Waals surface area contributed by atoms with Crippen LogP contribution in [0.25, 0.3) is 0 Å². The molecule has 0 aromatic carbocycles. The van der Waals surface area contributed by atoms with Crippen molar-refractivity contribution in [2.45, 2.75) is 32.1 Å². The number of carbonyl (C=O) groups is 1. The first kappa shape index (κ1) is 13.5. The number of hydrogen-bond acceptors (Lipinski definition) is 3. The van der Waals surface area contributed by atoms with E-state index in [0.717, 1.165) is 32.5 Å². The first-order valence-electron chi connectivity index (χ1n) is 6.40. The largest absolute Gasteiger partial charge is 0.342 e. The highest BCUT2D eigenvalue weighted by Gasteiger charge is 2.15. The fourth-order valence-electron chi connectivity index (χ4n) is 2.13. The van der Waals surface area contributed by atoms with Crippen LogP contribution in [-0.2, 0) is 4.79 Å². The minimum atomic E-state index is 0.262. The van der Waals surface area contributed by atoms with Gasteiger partial charge in [-0.3, -0.25) is 9.69 Å². The zero-order valence-corrected chi connectivity index (χ0v) is 10.5. The Labute approximate surface area is 98.8 Å². The summed E-state index contributed by atoms with van der Waals surface area (Å²) in [6, 6.07) is 0. The summed E-state index contributed by atoms with van der Waals surface area (Å²) in [6.07, 6.45) is 6.18. The molecule has 0 aromatic rings. The molecule has 0 spiro atoms. The maximum Gasteiger partial charge on any atom is 0.236 e. The maximum absolute atomic E-state index is 12.0. The number of nitrogens with zero attached hydrogens (tertiary/aromatic N) is 2. The van der Waals surface area contributed by atoms with Gasteiger partial charge < -0.3 is 10.6 Å². The molecule has 2 N–H and O–H groups in total. The summed E-state index contributed by atoms with van der Waals surface area (Å²) in [7, 11) is 1.95. The smallest absolute Gasteiger partial charge is 0.236 e. The van der Waals surface area contributed by atoms with Crippen molar-refractivity contribution in [3.8, 4) is 0 Å². The maximum atomic E-state index is 12.0. The van der Waals surface area contributed by atoms with Crippen molar-refractivity contribution >= 4 is 5.91 Å². The number of nitrogens with two attached hydrogens (primary N) is 1. The lowest BCUT2D eigenvalue weighted by molar-refractivity contribution is -0.132. The van der Waals surface area contributed by atoms with Gasteiger partial charge >= 0.3 is 0 Å². The van der Waals surface area contributed by atoms with E-state index in [9.17, 15) is 4.79 Å². The number of hydrogen-bond donors (Lipinski definition) is 1. The van der Waals surface area contributed by atoms with Gasteiger partial charge in [0.15, 0.2) is 0 Å². The van der Waals surface area contributed by atoms with Gasteiger partial charge in [0.25, 0.3) is 0 Å². The molecule has 0 radical (unpaired) electrons. The summed E-state index contributed by atoms with van der Waals surface area (Å²) in [5.74, 6) is 0.262. The Balaban J connectivity index is 2.32. The van der Waals surface area contributed by atoms with Crippen molar-refractivity contribution in [2.24, 2.45) is 5.73 Å². The van der Waals surface area contributed by atoms with E-state index in [1.54, 1.807) is 0 Å². The van der Waals surface area contributed by atoms with Crippen LogP contribution in [0.3, 0.4) is 0 Å². The summed E-state index contributed by atoms with van der Waals surface area (Å²) in [5.41, 5.74) is 5.46. The number of rotatable bonds is 4. The molecule has 0 aromatic heterocycles. The molecule has 0 saturated carbocycles. The number of likely N-dealkylation sites (N-methyl/N-ethyl adjacent to an activating group) is 1. The van der Waals surface area contributed by atoms with Crippen LogP contribution in [0.5, 0.6) is 0 Å². The first-order valence-corrected chi connectivity index (χ1v) is 6.40. The summed E-state index contributed by atoms with van der Waals surface area (Å²) in [4.78, 5) is 16.0. The fourth-order valence-corrected chi connectivity index (χ4v) is 2.13. The van der Waals surface area contributed by atoms with E-state index in [0.29, 0.717) is 13.1 Å². The zero-order chi connectivity index (χ0) is 11.8. The summed E-state index contributed by atoms with van der Waals surface area (Å²) < 4.78 is 0. The Bertz CT molecular complexity index is 200. The second kappa shape index (κ2) is 7.63. The van der Waals surface area contributed by atoms with Crippen molar-refractivity contribution in [1.82, 2.24) is 9.80 Å². The second-order valence-electron chi connectivity index (χ2n) is 4.68. The highest BCUT2D eigenvalue weighted by molar-refractivity contribution is 5.78.